The molecule has 0 unspecified atom stereocenters. The molecule has 0 aliphatic carbocycles. The zero-order valence-electron chi connectivity index (χ0n) is 17.2. The van der Waals surface area contributed by atoms with Crippen molar-refractivity contribution in [1.82, 2.24) is 8.91 Å². The number of pyridine rings is 1. The van der Waals surface area contributed by atoms with Crippen LogP contribution in [0.4, 0.5) is 17.6 Å². The lowest BCUT2D eigenvalue weighted by Crippen LogP contribution is -2.48. The van der Waals surface area contributed by atoms with Crippen LogP contribution in [0, 0.1) is 12.7 Å². The maximum atomic E-state index is 14.7. The highest BCUT2D eigenvalue weighted by atomic mass is 79.9. The smallest absolute Gasteiger partial charge is 0.491 e. The van der Waals surface area contributed by atoms with Crippen molar-refractivity contribution >= 4 is 22.1 Å². The fourth-order valence-corrected chi connectivity index (χ4v) is 4.62. The van der Waals surface area contributed by atoms with E-state index >= 15 is 0 Å². The van der Waals surface area contributed by atoms with E-state index in [4.69, 9.17) is 4.74 Å². The predicted octanol–water partition coefficient (Wildman–Crippen LogP) is 5.91. The van der Waals surface area contributed by atoms with Crippen LogP contribution in [-0.4, -0.2) is 27.8 Å². The van der Waals surface area contributed by atoms with Gasteiger partial charge in [-0.2, -0.15) is 0 Å². The van der Waals surface area contributed by atoms with Crippen molar-refractivity contribution in [3.8, 4) is 11.5 Å². The molecule has 1 aromatic heterocycles. The van der Waals surface area contributed by atoms with Gasteiger partial charge in [-0.3, -0.25) is 13.7 Å². The molecular weight excluding hydrogens is 508 g/mol. The Hall–Kier alpha value is -3.14. The van der Waals surface area contributed by atoms with E-state index < -0.39 is 29.4 Å². The van der Waals surface area contributed by atoms with Gasteiger partial charge in [0.25, 0.3) is 5.91 Å². The normalized spacial score (nSPS) is 17.6. The number of aromatic nitrogens is 1. The van der Waals surface area contributed by atoms with Gasteiger partial charge in [0.2, 0.25) is 0 Å². The number of carbonyl (C=O) groups is 1. The van der Waals surface area contributed by atoms with Crippen LogP contribution in [0.5, 0.6) is 11.5 Å². The molecule has 2 aromatic carbocycles. The molecule has 33 heavy (non-hydrogen) atoms. The average molecular weight is 525 g/mol. The standard InChI is InChI=1S/C23H17BrF4N2O3/c1-14-4-2-5-15(12-14)21(31)30(24)22(9-11-32-19-6-3-10-29-20(19)22)16-7-8-18(17(25)13-16)33-23(26,27)28/h2-8,10,12-13H,9,11H2,1H3/t22-/m0/s1. The van der Waals surface area contributed by atoms with Gasteiger partial charge in [0, 0.05) is 18.2 Å². The molecule has 0 saturated heterocycles. The molecule has 4 rings (SSSR count). The minimum atomic E-state index is -5.05. The summed E-state index contributed by atoms with van der Waals surface area (Å²) >= 11 is 3.38. The predicted molar refractivity (Wildman–Crippen MR) is 114 cm³/mol. The lowest BCUT2D eigenvalue weighted by molar-refractivity contribution is -0.275. The first-order chi connectivity index (χ1) is 15.6. The van der Waals surface area contributed by atoms with Gasteiger partial charge in [0.1, 0.15) is 17.0 Å². The minimum absolute atomic E-state index is 0.157. The molecule has 0 radical (unpaired) electrons. The number of hydrogen-bond acceptors (Lipinski definition) is 4. The summed E-state index contributed by atoms with van der Waals surface area (Å²) in [4.78, 5) is 17.9. The topological polar surface area (TPSA) is 51.7 Å². The molecule has 2 heterocycles. The van der Waals surface area contributed by atoms with Crippen molar-refractivity contribution in [3.05, 3.63) is 89.0 Å². The Labute approximate surface area is 195 Å². The molecule has 0 spiro atoms. The lowest BCUT2D eigenvalue weighted by atomic mass is 9.81. The second-order valence-electron chi connectivity index (χ2n) is 7.46. The molecule has 1 atom stereocenters. The van der Waals surface area contributed by atoms with E-state index in [2.05, 4.69) is 25.9 Å². The number of amides is 1. The lowest BCUT2D eigenvalue weighted by Gasteiger charge is -2.43. The van der Waals surface area contributed by atoms with E-state index in [1.165, 1.54) is 16.2 Å². The van der Waals surface area contributed by atoms with Gasteiger partial charge < -0.3 is 9.47 Å². The highest BCUT2D eigenvalue weighted by molar-refractivity contribution is 9.07. The zero-order valence-corrected chi connectivity index (χ0v) is 18.8. The zero-order chi connectivity index (χ0) is 23.8. The van der Waals surface area contributed by atoms with Crippen LogP contribution in [0.15, 0.2) is 60.8 Å². The largest absolute Gasteiger partial charge is 0.573 e. The Bertz CT molecular complexity index is 1200. The summed E-state index contributed by atoms with van der Waals surface area (Å²) in [5, 5.41) is 0. The summed E-state index contributed by atoms with van der Waals surface area (Å²) in [6, 6.07) is 13.3. The van der Waals surface area contributed by atoms with Crippen LogP contribution in [0.25, 0.3) is 0 Å². The van der Waals surface area contributed by atoms with Crippen molar-refractivity contribution in [3.63, 3.8) is 0 Å². The number of hydrogen-bond donors (Lipinski definition) is 0. The van der Waals surface area contributed by atoms with Gasteiger partial charge in [-0.15, -0.1) is 13.2 Å². The number of rotatable bonds is 4. The van der Waals surface area contributed by atoms with Crippen molar-refractivity contribution in [1.29, 1.82) is 0 Å². The SMILES string of the molecule is Cc1cccc(C(=O)N(Br)[C@]2(c3ccc(OC(F)(F)F)c(F)c3)CCOc3cccnc32)c1. The van der Waals surface area contributed by atoms with Gasteiger partial charge >= 0.3 is 6.36 Å². The third kappa shape index (κ3) is 4.39. The van der Waals surface area contributed by atoms with Gasteiger partial charge in [-0.05, 0) is 48.9 Å². The number of alkyl halides is 3. The number of ether oxygens (including phenoxy) is 2. The fraction of sp³-hybridized carbons (Fsp3) is 0.217. The van der Waals surface area contributed by atoms with E-state index in [1.807, 2.05) is 13.0 Å². The molecule has 1 amide bonds. The van der Waals surface area contributed by atoms with Gasteiger partial charge in [0.05, 0.1) is 22.8 Å². The molecule has 3 aromatic rings. The Morgan fingerprint density at radius 3 is 2.67 bits per heavy atom. The second-order valence-corrected chi connectivity index (χ2v) is 8.17. The number of halogens is 5. The van der Waals surface area contributed by atoms with Crippen LogP contribution in [0.3, 0.4) is 0 Å². The molecule has 0 N–H and O–H groups in total. The van der Waals surface area contributed by atoms with E-state index in [1.54, 1.807) is 30.3 Å². The van der Waals surface area contributed by atoms with E-state index in [0.717, 1.165) is 17.7 Å². The highest BCUT2D eigenvalue weighted by Gasteiger charge is 2.48. The molecule has 10 heteroatoms. The molecule has 1 aliphatic heterocycles. The van der Waals surface area contributed by atoms with Crippen molar-refractivity contribution < 1.29 is 31.8 Å². The maximum Gasteiger partial charge on any atom is 0.573 e. The summed E-state index contributed by atoms with van der Waals surface area (Å²) in [5.41, 5.74) is 0.384. The van der Waals surface area contributed by atoms with Crippen LogP contribution >= 0.6 is 16.1 Å². The van der Waals surface area contributed by atoms with Crippen LogP contribution in [-0.2, 0) is 5.54 Å². The summed E-state index contributed by atoms with van der Waals surface area (Å²) in [7, 11) is 0. The van der Waals surface area contributed by atoms with Crippen molar-refractivity contribution in [2.24, 2.45) is 0 Å². The van der Waals surface area contributed by atoms with Crippen LogP contribution < -0.4 is 9.47 Å². The Kier molecular flexibility index (Phi) is 6.04. The number of nitrogens with zero attached hydrogens (tertiary/aromatic N) is 2. The molecule has 0 bridgehead atoms. The fourth-order valence-electron chi connectivity index (χ4n) is 3.86. The Morgan fingerprint density at radius 1 is 1.18 bits per heavy atom. The third-order valence-corrected chi connectivity index (χ3v) is 6.22. The van der Waals surface area contributed by atoms with Gasteiger partial charge in [0.15, 0.2) is 11.6 Å². The number of fused-ring (bicyclic) bond motifs is 1. The summed E-state index contributed by atoms with van der Waals surface area (Å²) in [6.07, 6.45) is -3.38. The minimum Gasteiger partial charge on any atom is -0.491 e. The third-order valence-electron chi connectivity index (χ3n) is 5.30. The Morgan fingerprint density at radius 2 is 1.97 bits per heavy atom. The Balaban J connectivity index is 1.87. The van der Waals surface area contributed by atoms with Gasteiger partial charge in [-0.25, -0.2) is 4.39 Å². The summed E-state index contributed by atoms with van der Waals surface area (Å²) < 4.78 is 63.3. The van der Waals surface area contributed by atoms with E-state index in [-0.39, 0.29) is 18.6 Å². The first-order valence-electron chi connectivity index (χ1n) is 9.83. The van der Waals surface area contributed by atoms with E-state index in [9.17, 15) is 22.4 Å². The monoisotopic (exact) mass is 524 g/mol. The van der Waals surface area contributed by atoms with E-state index in [0.29, 0.717) is 17.0 Å². The van der Waals surface area contributed by atoms with Crippen molar-refractivity contribution in [2.45, 2.75) is 25.2 Å². The molecule has 0 fully saturated rings. The van der Waals surface area contributed by atoms with Crippen molar-refractivity contribution in [2.75, 3.05) is 6.61 Å². The average Bonchev–Trinajstić information content (AvgIpc) is 2.78. The quantitative estimate of drug-likeness (QED) is 0.314. The highest BCUT2D eigenvalue weighted by Crippen LogP contribution is 2.48. The molecule has 1 aliphatic rings. The first-order valence-corrected chi connectivity index (χ1v) is 10.5. The summed E-state index contributed by atoms with van der Waals surface area (Å²) in [5.74, 6) is -2.26. The molecular formula is C23H17BrF4N2O3. The first kappa shape index (κ1) is 23.0. The number of benzene rings is 2. The molecule has 172 valence electrons. The summed E-state index contributed by atoms with van der Waals surface area (Å²) in [6.45, 7) is 2.00. The van der Waals surface area contributed by atoms with Crippen LogP contribution in [0.1, 0.15) is 33.6 Å². The number of aryl methyl sites for hydroxylation is 1. The van der Waals surface area contributed by atoms with Gasteiger partial charge in [-0.1, -0.05) is 23.8 Å². The molecule has 5 nitrogen and oxygen atoms in total. The van der Waals surface area contributed by atoms with Crippen LogP contribution in [0.2, 0.25) is 0 Å². The number of carbonyl (C=O) groups excluding carboxylic acids is 1. The molecule has 0 saturated carbocycles. The second kappa shape index (κ2) is 8.66. The maximum absolute atomic E-state index is 14.7.